The Morgan fingerprint density at radius 1 is 1.25 bits per heavy atom. The largest absolute Gasteiger partial charge is 0.282 e. The quantitative estimate of drug-likeness (QED) is 0.719. The van der Waals surface area contributed by atoms with Crippen LogP contribution in [0.15, 0.2) is 36.8 Å². The fourth-order valence-corrected chi connectivity index (χ4v) is 1.11. The minimum Gasteiger partial charge on any atom is -0.282 e. The smallest absolute Gasteiger partial charge is 0.0490 e. The summed E-state index contributed by atoms with van der Waals surface area (Å²) in [5, 5.41) is 6.78. The molecule has 0 spiro atoms. The van der Waals surface area contributed by atoms with Gasteiger partial charge in [0.25, 0.3) is 0 Å². The highest BCUT2D eigenvalue weighted by atomic mass is 15.1. The first-order valence-electron chi connectivity index (χ1n) is 3.82. The van der Waals surface area contributed by atoms with Gasteiger partial charge in [-0.3, -0.25) is 10.1 Å². The molecule has 0 aliphatic carbocycles. The Kier molecular flexibility index (Phi) is 1.86. The van der Waals surface area contributed by atoms with Gasteiger partial charge in [-0.15, -0.1) is 0 Å². The number of aromatic amines is 1. The summed E-state index contributed by atoms with van der Waals surface area (Å²) in [6.45, 7) is 0. The summed E-state index contributed by atoms with van der Waals surface area (Å²) >= 11 is 0. The van der Waals surface area contributed by atoms with Gasteiger partial charge in [0.15, 0.2) is 0 Å². The Hall–Kier alpha value is -1.64. The number of nitrogens with one attached hydrogen (secondary N) is 1. The van der Waals surface area contributed by atoms with Crippen LogP contribution >= 0.6 is 0 Å². The lowest BCUT2D eigenvalue weighted by Gasteiger charge is -1.95. The molecular formula is C9H9N3. The highest BCUT2D eigenvalue weighted by Gasteiger charge is 1.95. The maximum atomic E-state index is 4.03. The van der Waals surface area contributed by atoms with E-state index in [0.717, 1.165) is 12.1 Å². The van der Waals surface area contributed by atoms with E-state index < -0.39 is 0 Å². The first-order valence-corrected chi connectivity index (χ1v) is 3.82. The number of hydrogen-bond donors (Lipinski definition) is 1. The van der Waals surface area contributed by atoms with Crippen molar-refractivity contribution in [2.45, 2.75) is 6.42 Å². The van der Waals surface area contributed by atoms with Gasteiger partial charge in [0.1, 0.15) is 0 Å². The molecule has 3 nitrogen and oxygen atoms in total. The molecule has 2 rings (SSSR count). The molecule has 0 atom stereocenters. The molecule has 0 bridgehead atoms. The molecule has 0 aromatic carbocycles. The molecular weight excluding hydrogens is 150 g/mol. The van der Waals surface area contributed by atoms with Gasteiger partial charge in [-0.1, -0.05) is 6.07 Å². The van der Waals surface area contributed by atoms with Crippen molar-refractivity contribution >= 4 is 0 Å². The van der Waals surface area contributed by atoms with Gasteiger partial charge in [0, 0.05) is 30.7 Å². The Balaban J connectivity index is 2.15. The van der Waals surface area contributed by atoms with Crippen molar-refractivity contribution in [3.63, 3.8) is 0 Å². The van der Waals surface area contributed by atoms with Crippen LogP contribution in [-0.2, 0) is 6.42 Å². The predicted molar refractivity (Wildman–Crippen MR) is 45.6 cm³/mol. The molecule has 0 aliphatic heterocycles. The van der Waals surface area contributed by atoms with Gasteiger partial charge >= 0.3 is 0 Å². The van der Waals surface area contributed by atoms with E-state index in [1.165, 1.54) is 5.56 Å². The van der Waals surface area contributed by atoms with Gasteiger partial charge in [0.2, 0.25) is 0 Å². The lowest BCUT2D eigenvalue weighted by Crippen LogP contribution is -1.88. The lowest BCUT2D eigenvalue weighted by molar-refractivity contribution is 0.990. The molecule has 0 fully saturated rings. The predicted octanol–water partition coefficient (Wildman–Crippen LogP) is 1.40. The lowest BCUT2D eigenvalue weighted by atomic mass is 10.2. The number of nitrogens with zero attached hydrogens (tertiary/aromatic N) is 2. The molecule has 0 radical (unpaired) electrons. The zero-order valence-electron chi connectivity index (χ0n) is 6.57. The average Bonchev–Trinajstić information content (AvgIpc) is 2.59. The standard InChI is InChI=1S/C9H9N3/c1-2-8(7-10-4-1)6-9-3-5-11-12-9/h1-5,7H,6H2,(H,11,12). The van der Waals surface area contributed by atoms with Gasteiger partial charge < -0.3 is 0 Å². The average molecular weight is 159 g/mol. The minimum atomic E-state index is 0.869. The summed E-state index contributed by atoms with van der Waals surface area (Å²) in [7, 11) is 0. The van der Waals surface area contributed by atoms with Crippen LogP contribution in [0.5, 0.6) is 0 Å². The second-order valence-corrected chi connectivity index (χ2v) is 2.62. The summed E-state index contributed by atoms with van der Waals surface area (Å²) in [6.07, 6.45) is 6.26. The second kappa shape index (κ2) is 3.17. The summed E-state index contributed by atoms with van der Waals surface area (Å²) in [5.74, 6) is 0. The monoisotopic (exact) mass is 159 g/mol. The van der Waals surface area contributed by atoms with Crippen molar-refractivity contribution in [1.82, 2.24) is 15.2 Å². The van der Waals surface area contributed by atoms with Crippen LogP contribution in [0.25, 0.3) is 0 Å². The van der Waals surface area contributed by atoms with Gasteiger partial charge in [0.05, 0.1) is 0 Å². The fourth-order valence-electron chi connectivity index (χ4n) is 1.11. The third-order valence-corrected chi connectivity index (χ3v) is 1.68. The third-order valence-electron chi connectivity index (χ3n) is 1.68. The molecule has 3 heteroatoms. The van der Waals surface area contributed by atoms with Crippen LogP contribution in [0, 0.1) is 0 Å². The number of pyridine rings is 1. The molecule has 2 aromatic heterocycles. The summed E-state index contributed by atoms with van der Waals surface area (Å²) in [5.41, 5.74) is 2.31. The fraction of sp³-hybridized carbons (Fsp3) is 0.111. The molecule has 0 saturated heterocycles. The molecule has 2 aromatic rings. The van der Waals surface area contributed by atoms with E-state index in [9.17, 15) is 0 Å². The minimum absolute atomic E-state index is 0.869. The Labute approximate surface area is 70.5 Å². The molecule has 12 heavy (non-hydrogen) atoms. The molecule has 2 heterocycles. The molecule has 0 aliphatic rings. The van der Waals surface area contributed by atoms with Crippen LogP contribution in [0.3, 0.4) is 0 Å². The SMILES string of the molecule is c1cncc(Cc2ccn[nH]2)c1. The van der Waals surface area contributed by atoms with Crippen LogP contribution < -0.4 is 0 Å². The van der Waals surface area contributed by atoms with Crippen LogP contribution in [0.4, 0.5) is 0 Å². The molecule has 0 unspecified atom stereocenters. The first-order chi connectivity index (χ1) is 5.95. The van der Waals surface area contributed by atoms with E-state index in [1.807, 2.05) is 24.4 Å². The maximum Gasteiger partial charge on any atom is 0.0490 e. The van der Waals surface area contributed by atoms with E-state index in [0.29, 0.717) is 0 Å². The summed E-state index contributed by atoms with van der Waals surface area (Å²) in [4.78, 5) is 4.03. The molecule has 60 valence electrons. The van der Waals surface area contributed by atoms with E-state index in [2.05, 4.69) is 15.2 Å². The third kappa shape index (κ3) is 1.50. The van der Waals surface area contributed by atoms with Crippen molar-refractivity contribution < 1.29 is 0 Å². The number of aromatic nitrogens is 3. The molecule has 0 amide bonds. The van der Waals surface area contributed by atoms with Gasteiger partial charge in [-0.25, -0.2) is 0 Å². The van der Waals surface area contributed by atoms with Crippen LogP contribution in [-0.4, -0.2) is 15.2 Å². The Morgan fingerprint density at radius 3 is 2.92 bits per heavy atom. The second-order valence-electron chi connectivity index (χ2n) is 2.62. The normalized spacial score (nSPS) is 10.0. The number of H-pyrrole nitrogens is 1. The van der Waals surface area contributed by atoms with E-state index >= 15 is 0 Å². The van der Waals surface area contributed by atoms with Crippen molar-refractivity contribution in [3.8, 4) is 0 Å². The van der Waals surface area contributed by atoms with Crippen molar-refractivity contribution in [2.75, 3.05) is 0 Å². The number of hydrogen-bond acceptors (Lipinski definition) is 2. The topological polar surface area (TPSA) is 41.6 Å². The van der Waals surface area contributed by atoms with Crippen molar-refractivity contribution in [2.24, 2.45) is 0 Å². The van der Waals surface area contributed by atoms with Crippen LogP contribution in [0.2, 0.25) is 0 Å². The van der Waals surface area contributed by atoms with E-state index in [-0.39, 0.29) is 0 Å². The van der Waals surface area contributed by atoms with E-state index in [4.69, 9.17) is 0 Å². The first kappa shape index (κ1) is 7.03. The molecule has 0 saturated carbocycles. The van der Waals surface area contributed by atoms with Crippen LogP contribution in [0.1, 0.15) is 11.3 Å². The van der Waals surface area contributed by atoms with Gasteiger partial charge in [-0.05, 0) is 17.7 Å². The van der Waals surface area contributed by atoms with Crippen molar-refractivity contribution in [3.05, 3.63) is 48.0 Å². The van der Waals surface area contributed by atoms with Crippen molar-refractivity contribution in [1.29, 1.82) is 0 Å². The molecule has 1 N–H and O–H groups in total. The summed E-state index contributed by atoms with van der Waals surface area (Å²) in [6, 6.07) is 5.95. The Morgan fingerprint density at radius 2 is 2.25 bits per heavy atom. The zero-order chi connectivity index (χ0) is 8.23. The Bertz CT molecular complexity index is 326. The maximum absolute atomic E-state index is 4.03. The number of rotatable bonds is 2. The van der Waals surface area contributed by atoms with E-state index in [1.54, 1.807) is 12.4 Å². The highest BCUT2D eigenvalue weighted by molar-refractivity contribution is 5.16. The highest BCUT2D eigenvalue weighted by Crippen LogP contribution is 2.03. The zero-order valence-corrected chi connectivity index (χ0v) is 6.57. The summed E-state index contributed by atoms with van der Waals surface area (Å²) < 4.78 is 0. The van der Waals surface area contributed by atoms with Gasteiger partial charge in [-0.2, -0.15) is 5.10 Å².